The van der Waals surface area contributed by atoms with Crippen molar-refractivity contribution in [2.45, 2.75) is 54.3 Å². The number of aryl methyl sites for hydroxylation is 5. The lowest BCUT2D eigenvalue weighted by Crippen LogP contribution is -2.24. The molecule has 1 aromatic carbocycles. The summed E-state index contributed by atoms with van der Waals surface area (Å²) in [7, 11) is 0. The molecule has 7 nitrogen and oxygen atoms in total. The van der Waals surface area contributed by atoms with Crippen LogP contribution in [0.1, 0.15) is 51.1 Å². The summed E-state index contributed by atoms with van der Waals surface area (Å²) in [6.45, 7) is 11.1. The zero-order chi connectivity index (χ0) is 20.3. The number of carbonyl (C=O) groups excluding carboxylic acids is 1. The zero-order valence-electron chi connectivity index (χ0n) is 17.0. The molecule has 2 aromatic heterocycles. The van der Waals surface area contributed by atoms with Gasteiger partial charge >= 0.3 is 0 Å². The minimum atomic E-state index is -0.292. The number of rotatable bonds is 7. The minimum absolute atomic E-state index is 0.217. The second-order valence-corrected chi connectivity index (χ2v) is 6.90. The van der Waals surface area contributed by atoms with Crippen molar-refractivity contribution in [1.29, 1.82) is 0 Å². The Morgan fingerprint density at radius 3 is 2.71 bits per heavy atom. The Kier molecular flexibility index (Phi) is 5.82. The van der Waals surface area contributed by atoms with Gasteiger partial charge in [-0.1, -0.05) is 22.9 Å². The number of nitrogens with zero attached hydrogens (tertiary/aromatic N) is 3. The van der Waals surface area contributed by atoms with Crippen molar-refractivity contribution in [1.82, 2.24) is 20.3 Å². The van der Waals surface area contributed by atoms with Crippen LogP contribution in [0.2, 0.25) is 0 Å². The van der Waals surface area contributed by atoms with Crippen molar-refractivity contribution in [2.75, 3.05) is 0 Å². The van der Waals surface area contributed by atoms with Gasteiger partial charge in [-0.3, -0.25) is 9.48 Å². The molecule has 0 atom stereocenters. The fourth-order valence-corrected chi connectivity index (χ4v) is 3.00. The Morgan fingerprint density at radius 2 is 2.04 bits per heavy atom. The van der Waals surface area contributed by atoms with Crippen LogP contribution in [0.4, 0.5) is 0 Å². The van der Waals surface area contributed by atoms with Gasteiger partial charge in [0.05, 0.1) is 11.3 Å². The summed E-state index contributed by atoms with van der Waals surface area (Å²) in [4.78, 5) is 12.6. The Labute approximate surface area is 164 Å². The fourth-order valence-electron chi connectivity index (χ4n) is 3.00. The van der Waals surface area contributed by atoms with Crippen molar-refractivity contribution < 1.29 is 14.1 Å². The molecule has 1 N–H and O–H groups in total. The van der Waals surface area contributed by atoms with Gasteiger partial charge < -0.3 is 14.6 Å². The first-order valence-corrected chi connectivity index (χ1v) is 9.35. The van der Waals surface area contributed by atoms with Crippen LogP contribution in [0.5, 0.6) is 5.75 Å². The van der Waals surface area contributed by atoms with Crippen LogP contribution >= 0.6 is 0 Å². The summed E-state index contributed by atoms with van der Waals surface area (Å²) in [6.07, 6.45) is 1.94. The summed E-state index contributed by atoms with van der Waals surface area (Å²) in [6, 6.07) is 5.98. The molecule has 1 amide bonds. The predicted octanol–water partition coefficient (Wildman–Crippen LogP) is 3.63. The molecular weight excluding hydrogens is 356 g/mol. The lowest BCUT2D eigenvalue weighted by Gasteiger charge is -2.10. The summed E-state index contributed by atoms with van der Waals surface area (Å²) in [5.74, 6) is 1.06. The quantitative estimate of drug-likeness (QED) is 0.675. The standard InChI is InChI=1S/C21H26N4O3/c1-6-25-11-17(15(4)23-25)10-22-21(26)20-18(16(5)28-24-20)12-27-19-8-7-13(2)9-14(19)3/h7-9,11H,6,10,12H2,1-5H3,(H,22,26). The molecule has 0 spiro atoms. The Balaban J connectivity index is 1.69. The zero-order valence-corrected chi connectivity index (χ0v) is 17.0. The van der Waals surface area contributed by atoms with E-state index in [0.717, 1.165) is 29.1 Å². The van der Waals surface area contributed by atoms with E-state index >= 15 is 0 Å². The second kappa shape index (κ2) is 8.29. The van der Waals surface area contributed by atoms with E-state index in [1.54, 1.807) is 6.92 Å². The van der Waals surface area contributed by atoms with E-state index in [9.17, 15) is 4.79 Å². The smallest absolute Gasteiger partial charge is 0.274 e. The van der Waals surface area contributed by atoms with Gasteiger partial charge in [-0.15, -0.1) is 0 Å². The number of carbonyl (C=O) groups is 1. The number of aromatic nitrogens is 3. The van der Waals surface area contributed by atoms with E-state index in [1.807, 2.05) is 50.7 Å². The first kappa shape index (κ1) is 19.7. The molecule has 3 aromatic rings. The van der Waals surface area contributed by atoms with Crippen LogP contribution < -0.4 is 10.1 Å². The number of benzene rings is 1. The summed E-state index contributed by atoms with van der Waals surface area (Å²) >= 11 is 0. The molecule has 0 bridgehead atoms. The maximum Gasteiger partial charge on any atom is 0.274 e. The average molecular weight is 382 g/mol. The van der Waals surface area contributed by atoms with E-state index in [2.05, 4.69) is 21.6 Å². The number of hydrogen-bond donors (Lipinski definition) is 1. The highest BCUT2D eigenvalue weighted by molar-refractivity contribution is 5.93. The molecule has 0 unspecified atom stereocenters. The molecular formula is C21H26N4O3. The third-order valence-electron chi connectivity index (χ3n) is 4.71. The topological polar surface area (TPSA) is 82.2 Å². The Hall–Kier alpha value is -3.09. The van der Waals surface area contributed by atoms with Crippen LogP contribution in [0.15, 0.2) is 28.9 Å². The molecule has 0 aliphatic rings. The van der Waals surface area contributed by atoms with Gasteiger partial charge in [0.25, 0.3) is 5.91 Å². The molecule has 0 aliphatic carbocycles. The number of nitrogens with one attached hydrogen (secondary N) is 1. The van der Waals surface area contributed by atoms with E-state index < -0.39 is 0 Å². The van der Waals surface area contributed by atoms with E-state index in [-0.39, 0.29) is 18.2 Å². The molecule has 0 saturated carbocycles. The molecule has 0 fully saturated rings. The lowest BCUT2D eigenvalue weighted by atomic mass is 10.1. The van der Waals surface area contributed by atoms with Crippen LogP contribution in [0.3, 0.4) is 0 Å². The number of amides is 1. The number of ether oxygens (including phenoxy) is 1. The third kappa shape index (κ3) is 4.24. The first-order chi connectivity index (χ1) is 13.4. The average Bonchev–Trinajstić information content (AvgIpc) is 3.21. The van der Waals surface area contributed by atoms with Crippen molar-refractivity contribution >= 4 is 5.91 Å². The lowest BCUT2D eigenvalue weighted by molar-refractivity contribution is 0.0939. The summed E-state index contributed by atoms with van der Waals surface area (Å²) in [5.41, 5.74) is 5.00. The minimum Gasteiger partial charge on any atom is -0.488 e. The Bertz CT molecular complexity index is 988. The highest BCUT2D eigenvalue weighted by atomic mass is 16.5. The van der Waals surface area contributed by atoms with Crippen molar-refractivity contribution in [2.24, 2.45) is 0 Å². The van der Waals surface area contributed by atoms with Crippen LogP contribution in [-0.2, 0) is 19.7 Å². The fraction of sp³-hybridized carbons (Fsp3) is 0.381. The highest BCUT2D eigenvalue weighted by Gasteiger charge is 2.21. The monoisotopic (exact) mass is 382 g/mol. The molecule has 28 heavy (non-hydrogen) atoms. The van der Waals surface area contributed by atoms with Gasteiger partial charge in [-0.05, 0) is 46.2 Å². The van der Waals surface area contributed by atoms with Gasteiger partial charge in [0.2, 0.25) is 0 Å². The van der Waals surface area contributed by atoms with Crippen LogP contribution in [0, 0.1) is 27.7 Å². The third-order valence-corrected chi connectivity index (χ3v) is 4.71. The summed E-state index contributed by atoms with van der Waals surface area (Å²) < 4.78 is 13.0. The molecule has 2 heterocycles. The van der Waals surface area contributed by atoms with Crippen LogP contribution in [0.25, 0.3) is 0 Å². The van der Waals surface area contributed by atoms with Crippen molar-refractivity contribution in [3.8, 4) is 5.75 Å². The van der Waals surface area contributed by atoms with Crippen molar-refractivity contribution in [3.63, 3.8) is 0 Å². The van der Waals surface area contributed by atoms with Gasteiger partial charge in [-0.25, -0.2) is 0 Å². The summed E-state index contributed by atoms with van der Waals surface area (Å²) in [5, 5.41) is 11.2. The van der Waals surface area contributed by atoms with E-state index in [1.165, 1.54) is 5.56 Å². The van der Waals surface area contributed by atoms with E-state index in [0.29, 0.717) is 17.9 Å². The molecule has 3 rings (SSSR count). The maximum absolute atomic E-state index is 12.6. The highest BCUT2D eigenvalue weighted by Crippen LogP contribution is 2.22. The van der Waals surface area contributed by atoms with Crippen molar-refractivity contribution in [3.05, 3.63) is 63.8 Å². The first-order valence-electron chi connectivity index (χ1n) is 9.35. The number of hydrogen-bond acceptors (Lipinski definition) is 5. The van der Waals surface area contributed by atoms with Gasteiger partial charge in [0.15, 0.2) is 5.69 Å². The Morgan fingerprint density at radius 1 is 1.25 bits per heavy atom. The van der Waals surface area contributed by atoms with Gasteiger partial charge in [0, 0.05) is 24.8 Å². The van der Waals surface area contributed by atoms with Gasteiger partial charge in [0.1, 0.15) is 18.1 Å². The second-order valence-electron chi connectivity index (χ2n) is 6.90. The largest absolute Gasteiger partial charge is 0.488 e. The SMILES string of the molecule is CCn1cc(CNC(=O)c2noc(C)c2COc2ccc(C)cc2C)c(C)n1. The molecule has 0 saturated heterocycles. The molecule has 0 radical (unpaired) electrons. The molecule has 148 valence electrons. The normalized spacial score (nSPS) is 10.9. The van der Waals surface area contributed by atoms with Gasteiger partial charge in [-0.2, -0.15) is 5.10 Å². The van der Waals surface area contributed by atoms with Crippen LogP contribution in [-0.4, -0.2) is 20.8 Å². The predicted molar refractivity (Wildman–Crippen MR) is 105 cm³/mol. The maximum atomic E-state index is 12.6. The molecule has 0 aliphatic heterocycles. The van der Waals surface area contributed by atoms with E-state index in [4.69, 9.17) is 9.26 Å². The molecule has 7 heteroatoms.